The van der Waals surface area contributed by atoms with Gasteiger partial charge in [-0.05, 0) is 56.2 Å². The van der Waals surface area contributed by atoms with Crippen LogP contribution in [-0.2, 0) is 14.8 Å². The van der Waals surface area contributed by atoms with Crippen molar-refractivity contribution < 1.29 is 26.7 Å². The van der Waals surface area contributed by atoms with Gasteiger partial charge in [0.05, 0.1) is 18.0 Å². The maximum atomic E-state index is 13.9. The Morgan fingerprint density at radius 2 is 1.68 bits per heavy atom. The van der Waals surface area contributed by atoms with Crippen molar-refractivity contribution in [3.8, 4) is 5.75 Å². The van der Waals surface area contributed by atoms with Crippen LogP contribution in [0.1, 0.15) is 39.0 Å². The number of nitrogens with zero attached hydrogens (tertiary/aromatic N) is 1. The molecule has 1 amide bonds. The summed E-state index contributed by atoms with van der Waals surface area (Å²) in [6.07, 6.45) is 3.95. The molecule has 0 bridgehead atoms. The van der Waals surface area contributed by atoms with Crippen LogP contribution in [0.5, 0.6) is 5.75 Å². The molecule has 1 aliphatic rings. The van der Waals surface area contributed by atoms with Gasteiger partial charge in [0.15, 0.2) is 0 Å². The lowest BCUT2D eigenvalue weighted by Gasteiger charge is -2.33. The number of benzene rings is 2. The summed E-state index contributed by atoms with van der Waals surface area (Å²) in [7, 11) is -4.01. The summed E-state index contributed by atoms with van der Waals surface area (Å²) in [6.45, 7) is 1.74. The van der Waals surface area contributed by atoms with Gasteiger partial charge in [0, 0.05) is 6.04 Å². The summed E-state index contributed by atoms with van der Waals surface area (Å²) in [5.74, 6) is -2.11. The molecule has 3 rings (SSSR count). The molecule has 0 unspecified atom stereocenters. The predicted octanol–water partition coefficient (Wildman–Crippen LogP) is 4.33. The van der Waals surface area contributed by atoms with E-state index in [1.54, 1.807) is 12.1 Å². The van der Waals surface area contributed by atoms with E-state index in [2.05, 4.69) is 5.32 Å². The zero-order chi connectivity index (χ0) is 22.4. The second-order valence-corrected chi connectivity index (χ2v) is 9.28. The summed E-state index contributed by atoms with van der Waals surface area (Å²) < 4.78 is 61.1. The molecule has 1 saturated carbocycles. The highest BCUT2D eigenvalue weighted by Gasteiger charge is 2.34. The fraction of sp³-hybridized carbons (Fsp3) is 0.409. The van der Waals surface area contributed by atoms with Gasteiger partial charge in [0.25, 0.3) is 0 Å². The number of carbonyl (C=O) groups excluding carboxylic acids is 1. The van der Waals surface area contributed by atoms with Crippen molar-refractivity contribution in [3.05, 3.63) is 54.1 Å². The van der Waals surface area contributed by atoms with Crippen molar-refractivity contribution in [2.75, 3.05) is 18.5 Å². The topological polar surface area (TPSA) is 75.7 Å². The van der Waals surface area contributed by atoms with Crippen LogP contribution >= 0.6 is 0 Å². The minimum Gasteiger partial charge on any atom is -0.494 e. The molecular weight excluding hydrogens is 426 g/mol. The Kier molecular flexibility index (Phi) is 7.61. The Morgan fingerprint density at radius 3 is 2.26 bits per heavy atom. The molecule has 168 valence electrons. The summed E-state index contributed by atoms with van der Waals surface area (Å²) >= 11 is 0. The van der Waals surface area contributed by atoms with Gasteiger partial charge < -0.3 is 10.1 Å². The fourth-order valence-electron chi connectivity index (χ4n) is 3.73. The molecule has 9 heteroatoms. The van der Waals surface area contributed by atoms with Crippen LogP contribution < -0.4 is 10.1 Å². The van der Waals surface area contributed by atoms with E-state index in [9.17, 15) is 22.0 Å². The van der Waals surface area contributed by atoms with Gasteiger partial charge in [0.2, 0.25) is 15.9 Å². The summed E-state index contributed by atoms with van der Waals surface area (Å²) in [5.41, 5.74) is -0.588. The van der Waals surface area contributed by atoms with Crippen molar-refractivity contribution in [1.29, 1.82) is 0 Å². The van der Waals surface area contributed by atoms with Crippen molar-refractivity contribution in [3.63, 3.8) is 0 Å². The smallest absolute Gasteiger partial charge is 0.243 e. The Labute approximate surface area is 181 Å². The molecule has 0 spiro atoms. The molecule has 1 N–H and O–H groups in total. The van der Waals surface area contributed by atoms with Crippen molar-refractivity contribution in [1.82, 2.24) is 4.31 Å². The number of halogens is 2. The van der Waals surface area contributed by atoms with Crippen LogP contribution in [-0.4, -0.2) is 37.8 Å². The fourth-order valence-corrected chi connectivity index (χ4v) is 5.37. The molecule has 6 nitrogen and oxygen atoms in total. The van der Waals surface area contributed by atoms with Gasteiger partial charge in [-0.25, -0.2) is 17.2 Å². The zero-order valence-electron chi connectivity index (χ0n) is 17.3. The number of nitrogens with one attached hydrogen (secondary N) is 1. The number of rotatable bonds is 8. The predicted molar refractivity (Wildman–Crippen MR) is 113 cm³/mol. The summed E-state index contributed by atoms with van der Waals surface area (Å²) in [4.78, 5) is 12.7. The van der Waals surface area contributed by atoms with Crippen LogP contribution in [0.25, 0.3) is 0 Å². The first-order valence-electron chi connectivity index (χ1n) is 10.3. The Morgan fingerprint density at radius 1 is 1.06 bits per heavy atom. The Balaban J connectivity index is 1.86. The second kappa shape index (κ2) is 10.2. The third-order valence-electron chi connectivity index (χ3n) is 5.25. The zero-order valence-corrected chi connectivity index (χ0v) is 18.1. The first kappa shape index (κ1) is 23.1. The quantitative estimate of drug-likeness (QED) is 0.647. The largest absolute Gasteiger partial charge is 0.494 e. The number of amides is 1. The highest BCUT2D eigenvalue weighted by atomic mass is 32.2. The first-order chi connectivity index (χ1) is 14.8. The highest BCUT2D eigenvalue weighted by molar-refractivity contribution is 7.89. The molecule has 1 fully saturated rings. The maximum absolute atomic E-state index is 13.9. The minimum absolute atomic E-state index is 0.0337. The van der Waals surface area contributed by atoms with Crippen LogP contribution in [0.3, 0.4) is 0 Å². The van der Waals surface area contributed by atoms with Crippen LogP contribution in [0.15, 0.2) is 47.4 Å². The summed E-state index contributed by atoms with van der Waals surface area (Å²) in [5, 5.41) is 2.18. The number of anilines is 1. The van der Waals surface area contributed by atoms with E-state index in [1.807, 2.05) is 6.92 Å². The maximum Gasteiger partial charge on any atom is 0.243 e. The average molecular weight is 453 g/mol. The van der Waals surface area contributed by atoms with Crippen LogP contribution in [0, 0.1) is 11.6 Å². The van der Waals surface area contributed by atoms with E-state index in [4.69, 9.17) is 4.74 Å². The number of carbonyl (C=O) groups is 1. The van der Waals surface area contributed by atoms with Gasteiger partial charge in [-0.2, -0.15) is 4.31 Å². The Hall–Kier alpha value is -2.52. The normalized spacial score (nSPS) is 15.1. The lowest BCUT2D eigenvalue weighted by Crippen LogP contribution is -2.45. The first-order valence-corrected chi connectivity index (χ1v) is 11.8. The van der Waals surface area contributed by atoms with E-state index in [0.717, 1.165) is 35.7 Å². The van der Waals surface area contributed by atoms with E-state index < -0.39 is 39.8 Å². The third kappa shape index (κ3) is 5.59. The molecule has 0 atom stereocenters. The number of para-hydroxylation sites is 1. The highest BCUT2D eigenvalue weighted by Crippen LogP contribution is 2.29. The van der Waals surface area contributed by atoms with Gasteiger partial charge in [-0.1, -0.05) is 25.3 Å². The van der Waals surface area contributed by atoms with E-state index >= 15 is 0 Å². The van der Waals surface area contributed by atoms with Crippen LogP contribution in [0.2, 0.25) is 0 Å². The lowest BCUT2D eigenvalue weighted by atomic mass is 9.95. The molecule has 0 aromatic heterocycles. The average Bonchev–Trinajstić information content (AvgIpc) is 2.76. The van der Waals surface area contributed by atoms with E-state index in [-0.39, 0.29) is 10.9 Å². The molecule has 2 aromatic rings. The molecular formula is C22H26F2N2O4S. The van der Waals surface area contributed by atoms with Crippen LogP contribution in [0.4, 0.5) is 14.5 Å². The van der Waals surface area contributed by atoms with E-state index in [1.165, 1.54) is 18.2 Å². The SMILES string of the molecule is CCOc1ccc(S(=O)(=O)N(CC(=O)Nc2c(F)cccc2F)C2CCCCC2)cc1. The summed E-state index contributed by atoms with van der Waals surface area (Å²) in [6, 6.07) is 8.86. The molecule has 0 aliphatic heterocycles. The van der Waals surface area contributed by atoms with Gasteiger partial charge in [-0.3, -0.25) is 4.79 Å². The van der Waals surface area contributed by atoms with Crippen molar-refractivity contribution >= 4 is 21.6 Å². The molecule has 0 radical (unpaired) electrons. The Bertz CT molecular complexity index is 986. The standard InChI is InChI=1S/C22H26F2N2O4S/c1-2-30-17-11-13-18(14-12-17)31(28,29)26(16-7-4-3-5-8-16)15-21(27)25-22-19(23)9-6-10-20(22)24/h6,9-14,16H,2-5,7-8,15H2,1H3,(H,25,27). The van der Waals surface area contributed by atoms with Crippen molar-refractivity contribution in [2.24, 2.45) is 0 Å². The lowest BCUT2D eigenvalue weighted by molar-refractivity contribution is -0.116. The second-order valence-electron chi connectivity index (χ2n) is 7.39. The third-order valence-corrected chi connectivity index (χ3v) is 7.16. The number of sulfonamides is 1. The van der Waals surface area contributed by atoms with Gasteiger partial charge >= 0.3 is 0 Å². The molecule has 2 aromatic carbocycles. The van der Waals surface area contributed by atoms with E-state index in [0.29, 0.717) is 25.2 Å². The number of ether oxygens (including phenoxy) is 1. The van der Waals surface area contributed by atoms with Gasteiger partial charge in [-0.15, -0.1) is 0 Å². The van der Waals surface area contributed by atoms with Gasteiger partial charge in [0.1, 0.15) is 23.1 Å². The molecule has 1 aliphatic carbocycles. The van der Waals surface area contributed by atoms with Crippen molar-refractivity contribution in [2.45, 2.75) is 50.0 Å². The number of hydrogen-bond donors (Lipinski definition) is 1. The number of hydrogen-bond acceptors (Lipinski definition) is 4. The minimum atomic E-state index is -4.01. The molecule has 31 heavy (non-hydrogen) atoms. The molecule has 0 saturated heterocycles. The monoisotopic (exact) mass is 452 g/mol. The molecule has 0 heterocycles.